The van der Waals surface area contributed by atoms with Gasteiger partial charge in [-0.2, -0.15) is 5.10 Å². The second-order valence-electron chi connectivity index (χ2n) is 4.79. The van der Waals surface area contributed by atoms with Crippen LogP contribution in [0.1, 0.15) is 38.2 Å². The van der Waals surface area contributed by atoms with E-state index in [2.05, 4.69) is 12.0 Å². The van der Waals surface area contributed by atoms with Gasteiger partial charge in [0, 0.05) is 25.8 Å². The van der Waals surface area contributed by atoms with Crippen molar-refractivity contribution >= 4 is 0 Å². The molecular weight excluding hydrogens is 216 g/mol. The summed E-state index contributed by atoms with van der Waals surface area (Å²) in [5.74, 6) is 0. The van der Waals surface area contributed by atoms with Gasteiger partial charge in [0.05, 0.1) is 18.4 Å². The molecule has 0 radical (unpaired) electrons. The van der Waals surface area contributed by atoms with Crippen LogP contribution in [0.2, 0.25) is 0 Å². The van der Waals surface area contributed by atoms with Gasteiger partial charge in [-0.1, -0.05) is 0 Å². The summed E-state index contributed by atoms with van der Waals surface area (Å²) in [7, 11) is 0. The van der Waals surface area contributed by atoms with Crippen LogP contribution in [0.4, 0.5) is 0 Å². The minimum Gasteiger partial charge on any atom is -0.393 e. The summed E-state index contributed by atoms with van der Waals surface area (Å²) in [4.78, 5) is 0. The van der Waals surface area contributed by atoms with Gasteiger partial charge < -0.3 is 9.84 Å². The highest BCUT2D eigenvalue weighted by Gasteiger charge is 2.18. The smallest absolute Gasteiger partial charge is 0.0606 e. The average molecular weight is 238 g/mol. The van der Waals surface area contributed by atoms with E-state index in [1.165, 1.54) is 6.42 Å². The van der Waals surface area contributed by atoms with Crippen molar-refractivity contribution < 1.29 is 9.84 Å². The number of aliphatic hydroxyl groups is 1. The molecule has 4 heteroatoms. The van der Waals surface area contributed by atoms with Crippen LogP contribution in [0.3, 0.4) is 0 Å². The summed E-state index contributed by atoms with van der Waals surface area (Å²) in [6.07, 6.45) is 8.69. The Balaban J connectivity index is 1.77. The van der Waals surface area contributed by atoms with Crippen LogP contribution in [0, 0.1) is 0 Å². The van der Waals surface area contributed by atoms with Crippen molar-refractivity contribution in [3.05, 3.63) is 18.0 Å². The van der Waals surface area contributed by atoms with Gasteiger partial charge in [0.2, 0.25) is 0 Å². The number of hydrogen-bond donors (Lipinski definition) is 1. The molecule has 1 aromatic rings. The van der Waals surface area contributed by atoms with Crippen LogP contribution in [0.5, 0.6) is 0 Å². The standard InChI is InChI=1S/C13H22N2O2/c1-2-15-10-11(9-14-15)7-12(16)8-13-5-3-4-6-17-13/h9-10,12-13,16H,2-8H2,1H3. The zero-order valence-electron chi connectivity index (χ0n) is 10.5. The molecule has 2 rings (SSSR count). The number of aryl methyl sites for hydroxylation is 1. The molecule has 2 heterocycles. The minimum atomic E-state index is -0.312. The molecule has 96 valence electrons. The molecule has 1 saturated heterocycles. The number of hydrogen-bond acceptors (Lipinski definition) is 3. The molecule has 2 atom stereocenters. The predicted octanol–water partition coefficient (Wildman–Crippen LogP) is 1.77. The molecule has 1 fully saturated rings. The largest absolute Gasteiger partial charge is 0.393 e. The fourth-order valence-corrected chi connectivity index (χ4v) is 2.34. The maximum atomic E-state index is 10.0. The third-order valence-corrected chi connectivity index (χ3v) is 3.29. The van der Waals surface area contributed by atoms with Gasteiger partial charge in [-0.05, 0) is 38.2 Å². The van der Waals surface area contributed by atoms with E-state index in [0.29, 0.717) is 6.42 Å². The van der Waals surface area contributed by atoms with Gasteiger partial charge in [0.1, 0.15) is 0 Å². The van der Waals surface area contributed by atoms with Crippen LogP contribution in [-0.2, 0) is 17.7 Å². The highest BCUT2D eigenvalue weighted by Crippen LogP contribution is 2.18. The lowest BCUT2D eigenvalue weighted by atomic mass is 10.0. The lowest BCUT2D eigenvalue weighted by Crippen LogP contribution is -2.25. The molecule has 0 aromatic carbocycles. The molecule has 0 bridgehead atoms. The van der Waals surface area contributed by atoms with E-state index < -0.39 is 0 Å². The molecule has 4 nitrogen and oxygen atoms in total. The Bertz CT molecular complexity index is 332. The second-order valence-corrected chi connectivity index (χ2v) is 4.79. The number of rotatable bonds is 5. The fraction of sp³-hybridized carbons (Fsp3) is 0.769. The summed E-state index contributed by atoms with van der Waals surface area (Å²) in [5.41, 5.74) is 1.11. The molecule has 1 aromatic heterocycles. The van der Waals surface area contributed by atoms with Crippen LogP contribution in [0.25, 0.3) is 0 Å². The monoisotopic (exact) mass is 238 g/mol. The zero-order valence-corrected chi connectivity index (χ0v) is 10.5. The minimum absolute atomic E-state index is 0.250. The molecule has 1 N–H and O–H groups in total. The first-order valence-electron chi connectivity index (χ1n) is 6.59. The van der Waals surface area contributed by atoms with Crippen LogP contribution < -0.4 is 0 Å². The van der Waals surface area contributed by atoms with E-state index in [0.717, 1.165) is 38.0 Å². The highest BCUT2D eigenvalue weighted by atomic mass is 16.5. The van der Waals surface area contributed by atoms with Crippen molar-refractivity contribution in [1.29, 1.82) is 0 Å². The summed E-state index contributed by atoms with van der Waals surface area (Å²) in [5, 5.41) is 14.2. The zero-order chi connectivity index (χ0) is 12.1. The summed E-state index contributed by atoms with van der Waals surface area (Å²) in [6.45, 7) is 3.79. The van der Waals surface area contributed by atoms with Gasteiger partial charge in [0.25, 0.3) is 0 Å². The van der Waals surface area contributed by atoms with Crippen molar-refractivity contribution in [1.82, 2.24) is 9.78 Å². The highest BCUT2D eigenvalue weighted by molar-refractivity contribution is 5.05. The van der Waals surface area contributed by atoms with Crippen molar-refractivity contribution in [3.63, 3.8) is 0 Å². The van der Waals surface area contributed by atoms with Crippen molar-refractivity contribution in [2.24, 2.45) is 0 Å². The Kier molecular flexibility index (Phi) is 4.57. The van der Waals surface area contributed by atoms with Crippen molar-refractivity contribution in [2.75, 3.05) is 6.61 Å². The van der Waals surface area contributed by atoms with Crippen LogP contribution >= 0.6 is 0 Å². The Hall–Kier alpha value is -0.870. The SMILES string of the molecule is CCn1cc(CC(O)CC2CCCCO2)cn1. The first kappa shape index (κ1) is 12.6. The number of aromatic nitrogens is 2. The van der Waals surface area contributed by atoms with E-state index in [9.17, 15) is 5.11 Å². The number of ether oxygens (including phenoxy) is 1. The first-order valence-corrected chi connectivity index (χ1v) is 6.59. The summed E-state index contributed by atoms with van der Waals surface area (Å²) < 4.78 is 7.52. The Morgan fingerprint density at radius 3 is 3.12 bits per heavy atom. The maximum absolute atomic E-state index is 10.0. The Labute approximate surface area is 103 Å². The summed E-state index contributed by atoms with van der Waals surface area (Å²) >= 11 is 0. The topological polar surface area (TPSA) is 47.3 Å². The first-order chi connectivity index (χ1) is 8.28. The van der Waals surface area contributed by atoms with Gasteiger partial charge >= 0.3 is 0 Å². The third kappa shape index (κ3) is 3.82. The predicted molar refractivity (Wildman–Crippen MR) is 65.8 cm³/mol. The van der Waals surface area contributed by atoms with Crippen LogP contribution in [-0.4, -0.2) is 33.7 Å². The van der Waals surface area contributed by atoms with Gasteiger partial charge in [0.15, 0.2) is 0 Å². The van der Waals surface area contributed by atoms with E-state index in [4.69, 9.17) is 4.74 Å². The van der Waals surface area contributed by atoms with E-state index in [-0.39, 0.29) is 12.2 Å². The number of nitrogens with zero attached hydrogens (tertiary/aromatic N) is 2. The summed E-state index contributed by atoms with van der Waals surface area (Å²) in [6, 6.07) is 0. The van der Waals surface area contributed by atoms with E-state index >= 15 is 0 Å². The lowest BCUT2D eigenvalue weighted by molar-refractivity contribution is -0.0147. The molecule has 0 saturated carbocycles. The molecular formula is C13H22N2O2. The Morgan fingerprint density at radius 1 is 1.59 bits per heavy atom. The van der Waals surface area contributed by atoms with Crippen molar-refractivity contribution in [3.8, 4) is 0 Å². The van der Waals surface area contributed by atoms with Gasteiger partial charge in [-0.3, -0.25) is 4.68 Å². The Morgan fingerprint density at radius 2 is 2.47 bits per heavy atom. The fourth-order valence-electron chi connectivity index (χ4n) is 2.34. The molecule has 2 unspecified atom stereocenters. The van der Waals surface area contributed by atoms with Gasteiger partial charge in [-0.15, -0.1) is 0 Å². The molecule has 17 heavy (non-hydrogen) atoms. The number of aliphatic hydroxyl groups excluding tert-OH is 1. The van der Waals surface area contributed by atoms with Crippen LogP contribution in [0.15, 0.2) is 12.4 Å². The van der Waals surface area contributed by atoms with E-state index in [1.807, 2.05) is 17.1 Å². The molecule has 1 aliphatic heterocycles. The lowest BCUT2D eigenvalue weighted by Gasteiger charge is -2.24. The van der Waals surface area contributed by atoms with E-state index in [1.54, 1.807) is 0 Å². The normalized spacial score (nSPS) is 22.6. The molecule has 0 aliphatic carbocycles. The molecule has 0 spiro atoms. The second kappa shape index (κ2) is 6.17. The van der Waals surface area contributed by atoms with Crippen molar-refractivity contribution in [2.45, 2.75) is 57.8 Å². The van der Waals surface area contributed by atoms with Gasteiger partial charge in [-0.25, -0.2) is 0 Å². The molecule has 0 amide bonds. The quantitative estimate of drug-likeness (QED) is 0.850. The molecule has 1 aliphatic rings. The maximum Gasteiger partial charge on any atom is 0.0606 e. The average Bonchev–Trinajstić information content (AvgIpc) is 2.78. The third-order valence-electron chi connectivity index (χ3n) is 3.29.